The van der Waals surface area contributed by atoms with E-state index in [2.05, 4.69) is 21.4 Å². The van der Waals surface area contributed by atoms with Gasteiger partial charge in [0.05, 0.1) is 10.7 Å². The van der Waals surface area contributed by atoms with Crippen LogP contribution in [0.3, 0.4) is 0 Å². The Hall–Kier alpha value is -1.81. The summed E-state index contributed by atoms with van der Waals surface area (Å²) in [6.07, 6.45) is 5.56. The molecule has 1 N–H and O–H groups in total. The monoisotopic (exact) mass is 246 g/mol. The van der Waals surface area contributed by atoms with E-state index >= 15 is 0 Å². The summed E-state index contributed by atoms with van der Waals surface area (Å²) >= 11 is 6.11. The Labute approximate surface area is 104 Å². The first-order chi connectivity index (χ1) is 8.25. The second-order valence-electron chi connectivity index (χ2n) is 3.92. The number of aromatic nitrogens is 2. The van der Waals surface area contributed by atoms with Gasteiger partial charge in [0.15, 0.2) is 0 Å². The number of aryl methyl sites for hydroxylation is 1. The molecule has 0 atom stereocenters. The summed E-state index contributed by atoms with van der Waals surface area (Å²) in [5, 5.41) is 4.68. The van der Waals surface area contributed by atoms with Crippen LogP contribution in [0.15, 0.2) is 40.8 Å². The molecule has 17 heavy (non-hydrogen) atoms. The van der Waals surface area contributed by atoms with Crippen LogP contribution in [0.2, 0.25) is 0 Å². The molecule has 0 radical (unpaired) electrons. The van der Waals surface area contributed by atoms with E-state index in [1.165, 1.54) is 0 Å². The van der Waals surface area contributed by atoms with Crippen LogP contribution in [0.25, 0.3) is 11.0 Å². The van der Waals surface area contributed by atoms with Crippen molar-refractivity contribution in [2.75, 3.05) is 6.67 Å². The Morgan fingerprint density at radius 2 is 2.35 bits per heavy atom. The maximum absolute atomic E-state index is 6.11. The summed E-state index contributed by atoms with van der Waals surface area (Å²) in [6, 6.07) is 4.09. The number of hydrogen-bond acceptors (Lipinski definition) is 3. The summed E-state index contributed by atoms with van der Waals surface area (Å²) in [5.41, 5.74) is 2.71. The number of halogens is 1. The van der Waals surface area contributed by atoms with Crippen LogP contribution < -0.4 is 5.32 Å². The van der Waals surface area contributed by atoms with Crippen LogP contribution in [0, 0.1) is 0 Å². The molecule has 0 aliphatic carbocycles. The van der Waals surface area contributed by atoms with Crippen LogP contribution in [-0.2, 0) is 7.05 Å². The van der Waals surface area contributed by atoms with Crippen molar-refractivity contribution in [3.63, 3.8) is 0 Å². The molecule has 0 saturated heterocycles. The molecule has 2 aromatic heterocycles. The average Bonchev–Trinajstić information content (AvgIpc) is 2.71. The highest BCUT2D eigenvalue weighted by atomic mass is 35.5. The van der Waals surface area contributed by atoms with Crippen molar-refractivity contribution >= 4 is 28.3 Å². The molecule has 1 aliphatic rings. The number of nitrogens with one attached hydrogen (secondary N) is 1. The molecular weight excluding hydrogens is 236 g/mol. The summed E-state index contributed by atoms with van der Waals surface area (Å²) in [7, 11) is 1.98. The molecule has 0 saturated carbocycles. The SMILES string of the molecule is Cn1ccc2cc(C3=NCNC=C3Cl)cnc21. The van der Waals surface area contributed by atoms with Gasteiger partial charge in [0, 0.05) is 36.6 Å². The zero-order valence-corrected chi connectivity index (χ0v) is 10.1. The predicted octanol–water partition coefficient (Wildman–Crippen LogP) is 2.00. The summed E-state index contributed by atoms with van der Waals surface area (Å²) < 4.78 is 1.99. The zero-order chi connectivity index (χ0) is 11.8. The maximum atomic E-state index is 6.11. The summed E-state index contributed by atoms with van der Waals surface area (Å²) in [6.45, 7) is 0.554. The molecule has 4 nitrogen and oxygen atoms in total. The van der Waals surface area contributed by atoms with Gasteiger partial charge in [-0.1, -0.05) is 11.6 Å². The van der Waals surface area contributed by atoms with Gasteiger partial charge in [-0.25, -0.2) is 4.98 Å². The molecule has 0 amide bonds. The number of nitrogens with zero attached hydrogens (tertiary/aromatic N) is 3. The standard InChI is InChI=1S/C12H11ClN4/c1-17-3-2-8-4-9(5-15-12(8)17)11-10(13)6-14-7-16-11/h2-6,14H,7H2,1H3. The summed E-state index contributed by atoms with van der Waals surface area (Å²) in [5.74, 6) is 0. The topological polar surface area (TPSA) is 42.2 Å². The normalized spacial score (nSPS) is 15.4. The van der Waals surface area contributed by atoms with E-state index in [0.29, 0.717) is 11.7 Å². The molecule has 86 valence electrons. The predicted molar refractivity (Wildman–Crippen MR) is 69.2 cm³/mol. The van der Waals surface area contributed by atoms with Gasteiger partial charge in [0.1, 0.15) is 12.3 Å². The van der Waals surface area contributed by atoms with Gasteiger partial charge < -0.3 is 9.88 Å². The molecule has 0 spiro atoms. The van der Waals surface area contributed by atoms with Gasteiger partial charge in [-0.3, -0.25) is 4.99 Å². The van der Waals surface area contributed by atoms with Crippen LogP contribution in [0.5, 0.6) is 0 Å². The lowest BCUT2D eigenvalue weighted by Gasteiger charge is -2.11. The first kappa shape index (κ1) is 10.4. The number of aliphatic imine (C=N–C) groups is 1. The van der Waals surface area contributed by atoms with E-state index in [1.54, 1.807) is 6.20 Å². The molecule has 2 aromatic rings. The Balaban J connectivity index is 2.12. The molecule has 5 heteroatoms. The highest BCUT2D eigenvalue weighted by molar-refractivity contribution is 6.46. The third-order valence-electron chi connectivity index (χ3n) is 2.76. The third-order valence-corrected chi connectivity index (χ3v) is 3.05. The van der Waals surface area contributed by atoms with E-state index in [4.69, 9.17) is 11.6 Å². The molecule has 3 heterocycles. The minimum absolute atomic E-state index is 0.554. The molecule has 0 aromatic carbocycles. The van der Waals surface area contributed by atoms with Crippen molar-refractivity contribution in [3.8, 4) is 0 Å². The van der Waals surface area contributed by atoms with Crippen LogP contribution in [0.1, 0.15) is 5.56 Å². The minimum atomic E-state index is 0.554. The second kappa shape index (κ2) is 3.89. The lowest BCUT2D eigenvalue weighted by molar-refractivity contribution is 0.871. The number of allylic oxidation sites excluding steroid dienone is 1. The number of hydrogen-bond donors (Lipinski definition) is 1. The van der Waals surface area contributed by atoms with E-state index in [1.807, 2.05) is 30.1 Å². The first-order valence-corrected chi connectivity index (χ1v) is 5.69. The number of pyridine rings is 1. The highest BCUT2D eigenvalue weighted by Gasteiger charge is 2.12. The highest BCUT2D eigenvalue weighted by Crippen LogP contribution is 2.19. The fourth-order valence-electron chi connectivity index (χ4n) is 1.92. The minimum Gasteiger partial charge on any atom is -0.371 e. The van der Waals surface area contributed by atoms with E-state index in [9.17, 15) is 0 Å². The van der Waals surface area contributed by atoms with Gasteiger partial charge >= 0.3 is 0 Å². The number of rotatable bonds is 1. The quantitative estimate of drug-likeness (QED) is 0.836. The second-order valence-corrected chi connectivity index (χ2v) is 4.33. The van der Waals surface area contributed by atoms with E-state index in [0.717, 1.165) is 22.3 Å². The van der Waals surface area contributed by atoms with Crippen molar-refractivity contribution in [2.24, 2.45) is 12.0 Å². The average molecular weight is 247 g/mol. The van der Waals surface area contributed by atoms with E-state index in [-0.39, 0.29) is 0 Å². The van der Waals surface area contributed by atoms with E-state index < -0.39 is 0 Å². The fraction of sp³-hybridized carbons (Fsp3) is 0.167. The Bertz CT molecular complexity index is 639. The lowest BCUT2D eigenvalue weighted by atomic mass is 10.1. The van der Waals surface area contributed by atoms with Gasteiger partial charge in [0.2, 0.25) is 0 Å². The zero-order valence-electron chi connectivity index (χ0n) is 9.31. The molecular formula is C12H11ClN4. The van der Waals surface area contributed by atoms with Crippen molar-refractivity contribution in [1.82, 2.24) is 14.9 Å². The largest absolute Gasteiger partial charge is 0.371 e. The lowest BCUT2D eigenvalue weighted by Crippen LogP contribution is -2.17. The van der Waals surface area contributed by atoms with Crippen molar-refractivity contribution in [1.29, 1.82) is 0 Å². The van der Waals surface area contributed by atoms with Gasteiger partial charge in [-0.15, -0.1) is 0 Å². The van der Waals surface area contributed by atoms with Crippen LogP contribution in [-0.4, -0.2) is 21.9 Å². The Morgan fingerprint density at radius 1 is 1.47 bits per heavy atom. The molecule has 0 bridgehead atoms. The Morgan fingerprint density at radius 3 is 3.18 bits per heavy atom. The van der Waals surface area contributed by atoms with Crippen molar-refractivity contribution in [3.05, 3.63) is 41.3 Å². The number of fused-ring (bicyclic) bond motifs is 1. The first-order valence-electron chi connectivity index (χ1n) is 5.31. The van der Waals surface area contributed by atoms with Crippen LogP contribution in [0.4, 0.5) is 0 Å². The maximum Gasteiger partial charge on any atom is 0.139 e. The molecule has 0 fully saturated rings. The van der Waals surface area contributed by atoms with Gasteiger partial charge in [0.25, 0.3) is 0 Å². The fourth-order valence-corrected chi connectivity index (χ4v) is 2.16. The van der Waals surface area contributed by atoms with Crippen molar-refractivity contribution < 1.29 is 0 Å². The van der Waals surface area contributed by atoms with Crippen molar-refractivity contribution in [2.45, 2.75) is 0 Å². The van der Waals surface area contributed by atoms with Gasteiger partial charge in [-0.05, 0) is 12.1 Å². The summed E-state index contributed by atoms with van der Waals surface area (Å²) in [4.78, 5) is 8.78. The smallest absolute Gasteiger partial charge is 0.139 e. The third kappa shape index (κ3) is 1.70. The molecule has 3 rings (SSSR count). The van der Waals surface area contributed by atoms with Crippen LogP contribution >= 0.6 is 11.6 Å². The van der Waals surface area contributed by atoms with Gasteiger partial charge in [-0.2, -0.15) is 0 Å². The molecule has 1 aliphatic heterocycles. The Kier molecular flexibility index (Phi) is 2.37. The molecule has 0 unspecified atom stereocenters.